The Morgan fingerprint density at radius 3 is 2.74 bits per heavy atom. The molecule has 0 unspecified atom stereocenters. The van der Waals surface area contributed by atoms with Gasteiger partial charge in [-0.05, 0) is 31.2 Å². The Kier molecular flexibility index (Phi) is 6.75. The van der Waals surface area contributed by atoms with Gasteiger partial charge in [0.1, 0.15) is 11.6 Å². The molecule has 0 radical (unpaired) electrons. The monoisotopic (exact) mass is 334 g/mol. The summed E-state index contributed by atoms with van der Waals surface area (Å²) in [7, 11) is 0. The molecule has 0 aliphatic rings. The summed E-state index contributed by atoms with van der Waals surface area (Å²) in [5.74, 6) is 0.680. The van der Waals surface area contributed by atoms with E-state index in [1.807, 2.05) is 30.3 Å². The predicted molar refractivity (Wildman–Crippen MR) is 91.8 cm³/mol. The van der Waals surface area contributed by atoms with Crippen molar-refractivity contribution in [1.82, 2.24) is 5.32 Å². The molecule has 0 aliphatic carbocycles. The van der Waals surface area contributed by atoms with E-state index in [1.165, 1.54) is 18.2 Å². The van der Waals surface area contributed by atoms with Crippen molar-refractivity contribution < 1.29 is 13.9 Å². The fraction of sp³-hybridized carbons (Fsp3) is 0.235. The minimum Gasteiger partial charge on any atom is -0.492 e. The Labute approximate surface area is 139 Å². The second-order valence-corrected chi connectivity index (χ2v) is 5.78. The zero-order chi connectivity index (χ0) is 16.5. The molecule has 0 heterocycles. The van der Waals surface area contributed by atoms with E-state index in [4.69, 9.17) is 4.74 Å². The van der Waals surface area contributed by atoms with E-state index < -0.39 is 5.82 Å². The first kappa shape index (κ1) is 17.1. The Morgan fingerprint density at radius 1 is 1.22 bits per heavy atom. The van der Waals surface area contributed by atoms with Crippen molar-refractivity contribution in [3.05, 3.63) is 54.3 Å². The summed E-state index contributed by atoms with van der Waals surface area (Å²) in [5, 5.41) is 5.44. The molecule has 0 bridgehead atoms. The molecule has 4 nitrogen and oxygen atoms in total. The summed E-state index contributed by atoms with van der Waals surface area (Å²) in [6.45, 7) is 2.72. The summed E-state index contributed by atoms with van der Waals surface area (Å²) in [6, 6.07) is 13.7. The van der Waals surface area contributed by atoms with Gasteiger partial charge >= 0.3 is 6.03 Å². The van der Waals surface area contributed by atoms with Gasteiger partial charge in [-0.2, -0.15) is 0 Å². The van der Waals surface area contributed by atoms with Crippen LogP contribution in [0.5, 0.6) is 5.75 Å². The highest BCUT2D eigenvalue weighted by molar-refractivity contribution is 7.99. The summed E-state index contributed by atoms with van der Waals surface area (Å²) >= 11 is 1.67. The number of amides is 2. The molecule has 6 heteroatoms. The molecular weight excluding hydrogens is 315 g/mol. The lowest BCUT2D eigenvalue weighted by Crippen LogP contribution is -2.30. The lowest BCUT2D eigenvalue weighted by atomic mass is 10.3. The van der Waals surface area contributed by atoms with Crippen molar-refractivity contribution in [1.29, 1.82) is 0 Å². The van der Waals surface area contributed by atoms with Crippen molar-refractivity contribution in [2.24, 2.45) is 0 Å². The average Bonchev–Trinajstić information content (AvgIpc) is 2.55. The number of urea groups is 1. The number of rotatable bonds is 7. The molecule has 0 aliphatic heterocycles. The number of halogens is 1. The molecule has 2 aromatic rings. The Balaban J connectivity index is 1.78. The van der Waals surface area contributed by atoms with E-state index in [1.54, 1.807) is 18.7 Å². The van der Waals surface area contributed by atoms with Crippen LogP contribution >= 0.6 is 11.8 Å². The first-order chi connectivity index (χ1) is 11.2. The van der Waals surface area contributed by atoms with Crippen LogP contribution in [0.3, 0.4) is 0 Å². The number of carbonyl (C=O) groups is 1. The Hall–Kier alpha value is -2.21. The van der Waals surface area contributed by atoms with Gasteiger partial charge < -0.3 is 15.4 Å². The van der Waals surface area contributed by atoms with E-state index in [0.717, 1.165) is 10.6 Å². The maximum atomic E-state index is 13.2. The highest BCUT2D eigenvalue weighted by Gasteiger charge is 2.08. The van der Waals surface area contributed by atoms with Crippen LogP contribution in [0.1, 0.15) is 6.92 Å². The van der Waals surface area contributed by atoms with Crippen molar-refractivity contribution in [2.45, 2.75) is 11.8 Å². The van der Waals surface area contributed by atoms with Gasteiger partial charge in [-0.3, -0.25) is 0 Å². The number of nitrogens with one attached hydrogen (secondary N) is 2. The first-order valence-electron chi connectivity index (χ1n) is 7.34. The van der Waals surface area contributed by atoms with Crippen molar-refractivity contribution in [3.8, 4) is 5.75 Å². The van der Waals surface area contributed by atoms with Crippen LogP contribution in [0.2, 0.25) is 0 Å². The minimum absolute atomic E-state index is 0.321. The van der Waals surface area contributed by atoms with Crippen LogP contribution in [0, 0.1) is 5.82 Å². The summed E-state index contributed by atoms with van der Waals surface area (Å²) in [6.07, 6.45) is 0. The zero-order valence-electron chi connectivity index (χ0n) is 12.8. The van der Waals surface area contributed by atoms with E-state index in [9.17, 15) is 9.18 Å². The molecule has 0 saturated carbocycles. The van der Waals surface area contributed by atoms with Gasteiger partial charge in [0.2, 0.25) is 0 Å². The van der Waals surface area contributed by atoms with Gasteiger partial charge in [-0.25, -0.2) is 9.18 Å². The number of thioether (sulfide) groups is 1. The van der Waals surface area contributed by atoms with Crippen molar-refractivity contribution in [3.63, 3.8) is 0 Å². The van der Waals surface area contributed by atoms with Gasteiger partial charge in [0.05, 0.1) is 12.3 Å². The fourth-order valence-corrected chi connectivity index (χ4v) is 2.68. The predicted octanol–water partition coefficient (Wildman–Crippen LogP) is 4.14. The number of anilines is 1. The topological polar surface area (TPSA) is 50.4 Å². The Bertz CT molecular complexity index is 638. The lowest BCUT2D eigenvalue weighted by Gasteiger charge is -2.12. The lowest BCUT2D eigenvalue weighted by molar-refractivity contribution is 0.252. The van der Waals surface area contributed by atoms with Gasteiger partial charge in [-0.15, -0.1) is 11.8 Å². The molecule has 122 valence electrons. The van der Waals surface area contributed by atoms with Crippen LogP contribution < -0.4 is 15.4 Å². The standard InChI is InChI=1S/C17H19FN2O2S/c1-2-22-16-12-13(18)8-9-15(16)20-17(21)19-10-11-23-14-6-4-3-5-7-14/h3-9,12H,2,10-11H2,1H3,(H2,19,20,21). The van der Waals surface area contributed by atoms with E-state index in [-0.39, 0.29) is 6.03 Å². The van der Waals surface area contributed by atoms with Crippen LogP contribution in [0.25, 0.3) is 0 Å². The van der Waals surface area contributed by atoms with Gasteiger partial charge in [0.15, 0.2) is 0 Å². The van der Waals surface area contributed by atoms with Gasteiger partial charge in [0.25, 0.3) is 0 Å². The SMILES string of the molecule is CCOc1cc(F)ccc1NC(=O)NCCSc1ccccc1. The molecular formula is C17H19FN2O2S. The summed E-state index contributed by atoms with van der Waals surface area (Å²) < 4.78 is 18.5. The number of carbonyl (C=O) groups excluding carboxylic acids is 1. The van der Waals surface area contributed by atoms with Gasteiger partial charge in [-0.1, -0.05) is 18.2 Å². The molecule has 0 fully saturated rings. The molecule has 2 N–H and O–H groups in total. The largest absolute Gasteiger partial charge is 0.492 e. The zero-order valence-corrected chi connectivity index (χ0v) is 13.7. The fourth-order valence-electron chi connectivity index (χ4n) is 1.89. The third-order valence-corrected chi connectivity index (χ3v) is 3.90. The summed E-state index contributed by atoms with van der Waals surface area (Å²) in [5.41, 5.74) is 0.446. The molecule has 23 heavy (non-hydrogen) atoms. The minimum atomic E-state index is -0.404. The van der Waals surface area contributed by atoms with Crippen molar-refractivity contribution >= 4 is 23.5 Å². The molecule has 2 aromatic carbocycles. The third-order valence-electron chi connectivity index (χ3n) is 2.89. The van der Waals surface area contributed by atoms with Crippen LogP contribution in [-0.4, -0.2) is 24.9 Å². The van der Waals surface area contributed by atoms with Crippen LogP contribution in [0.4, 0.5) is 14.9 Å². The first-order valence-corrected chi connectivity index (χ1v) is 8.32. The second kappa shape index (κ2) is 9.05. The van der Waals surface area contributed by atoms with Crippen LogP contribution in [0.15, 0.2) is 53.4 Å². The highest BCUT2D eigenvalue weighted by Crippen LogP contribution is 2.25. The molecule has 0 saturated heterocycles. The van der Waals surface area contributed by atoms with Crippen molar-refractivity contribution in [2.75, 3.05) is 24.2 Å². The average molecular weight is 334 g/mol. The molecule has 2 rings (SSSR count). The molecule has 2 amide bonds. The molecule has 0 atom stereocenters. The summed E-state index contributed by atoms with van der Waals surface area (Å²) in [4.78, 5) is 13.0. The number of ether oxygens (including phenoxy) is 1. The number of hydrogen-bond donors (Lipinski definition) is 2. The third kappa shape index (κ3) is 5.83. The maximum Gasteiger partial charge on any atom is 0.319 e. The quantitative estimate of drug-likeness (QED) is 0.591. The molecule has 0 spiro atoms. The van der Waals surface area contributed by atoms with E-state index >= 15 is 0 Å². The normalized spacial score (nSPS) is 10.2. The number of benzene rings is 2. The van der Waals surface area contributed by atoms with Crippen LogP contribution in [-0.2, 0) is 0 Å². The highest BCUT2D eigenvalue weighted by atomic mass is 32.2. The molecule has 0 aromatic heterocycles. The van der Waals surface area contributed by atoms with E-state index in [2.05, 4.69) is 10.6 Å². The smallest absolute Gasteiger partial charge is 0.319 e. The maximum absolute atomic E-state index is 13.2. The van der Waals surface area contributed by atoms with Gasteiger partial charge in [0, 0.05) is 23.3 Å². The van der Waals surface area contributed by atoms with E-state index in [0.29, 0.717) is 24.6 Å². The second-order valence-electron chi connectivity index (χ2n) is 4.62. The number of hydrogen-bond acceptors (Lipinski definition) is 3. The Morgan fingerprint density at radius 2 is 2.00 bits per heavy atom.